The van der Waals surface area contributed by atoms with E-state index in [-0.39, 0.29) is 17.0 Å². The molecular weight excluding hydrogens is 340 g/mol. The molecule has 3 nitrogen and oxygen atoms in total. The Hall–Kier alpha value is -0.680. The molecule has 1 unspecified atom stereocenters. The lowest BCUT2D eigenvalue weighted by molar-refractivity contribution is -0.136. The third kappa shape index (κ3) is 3.42. The number of alkyl halides is 1. The van der Waals surface area contributed by atoms with Gasteiger partial charge < -0.3 is 5.11 Å². The van der Waals surface area contributed by atoms with Crippen LogP contribution in [0.15, 0.2) is 22.7 Å². The molecular formula is C11H10Br2O3. The zero-order valence-electron chi connectivity index (χ0n) is 8.54. The quantitative estimate of drug-likeness (QED) is 0.850. The zero-order valence-corrected chi connectivity index (χ0v) is 11.7. The number of rotatable bonds is 4. The molecule has 0 spiro atoms. The van der Waals surface area contributed by atoms with Gasteiger partial charge in [0, 0.05) is 4.47 Å². The first-order valence-electron chi connectivity index (χ1n) is 4.56. The number of halogens is 2. The van der Waals surface area contributed by atoms with Crippen molar-refractivity contribution < 1.29 is 14.7 Å². The molecule has 1 aromatic rings. The summed E-state index contributed by atoms with van der Waals surface area (Å²) in [5, 5.41) is 8.65. The van der Waals surface area contributed by atoms with Crippen LogP contribution in [0.25, 0.3) is 0 Å². The van der Waals surface area contributed by atoms with Crippen LogP contribution in [0.5, 0.6) is 0 Å². The summed E-state index contributed by atoms with van der Waals surface area (Å²) < 4.78 is 0.739. The van der Waals surface area contributed by atoms with Crippen LogP contribution in [0, 0.1) is 0 Å². The van der Waals surface area contributed by atoms with E-state index in [1.54, 1.807) is 18.2 Å². The van der Waals surface area contributed by atoms with E-state index in [4.69, 9.17) is 5.11 Å². The number of hydrogen-bond donors (Lipinski definition) is 1. The van der Waals surface area contributed by atoms with Gasteiger partial charge in [-0.3, -0.25) is 9.59 Å². The third-order valence-corrected chi connectivity index (χ3v) is 3.87. The number of Topliss-reactive ketones (excluding diaryl/α,β-unsaturated/α-hetero) is 1. The molecule has 1 N–H and O–H groups in total. The molecule has 0 saturated heterocycles. The number of aliphatic carboxylic acids is 1. The number of carboxylic acids is 1. The Labute approximate surface area is 110 Å². The van der Waals surface area contributed by atoms with Crippen molar-refractivity contribution >= 4 is 43.6 Å². The zero-order chi connectivity index (χ0) is 12.3. The van der Waals surface area contributed by atoms with E-state index < -0.39 is 5.97 Å². The first kappa shape index (κ1) is 13.4. The van der Waals surface area contributed by atoms with E-state index in [2.05, 4.69) is 31.9 Å². The van der Waals surface area contributed by atoms with Crippen molar-refractivity contribution in [2.24, 2.45) is 0 Å². The molecule has 5 heteroatoms. The Morgan fingerprint density at radius 2 is 2.06 bits per heavy atom. The minimum atomic E-state index is -0.874. The molecule has 0 heterocycles. The Morgan fingerprint density at radius 3 is 2.50 bits per heavy atom. The smallest absolute Gasteiger partial charge is 0.307 e. The maximum atomic E-state index is 11.2. The van der Waals surface area contributed by atoms with Gasteiger partial charge in [0.25, 0.3) is 0 Å². The van der Waals surface area contributed by atoms with Crippen molar-refractivity contribution in [3.8, 4) is 0 Å². The van der Waals surface area contributed by atoms with Crippen LogP contribution in [-0.4, -0.2) is 16.9 Å². The van der Waals surface area contributed by atoms with E-state index in [0.29, 0.717) is 5.56 Å². The Kier molecular flexibility index (Phi) is 4.68. The van der Waals surface area contributed by atoms with E-state index in [1.807, 2.05) is 0 Å². The van der Waals surface area contributed by atoms with E-state index in [9.17, 15) is 9.59 Å². The Balaban J connectivity index is 3.00. The van der Waals surface area contributed by atoms with Crippen LogP contribution >= 0.6 is 31.9 Å². The second-order valence-corrected chi connectivity index (χ2v) is 5.17. The highest BCUT2D eigenvalue weighted by Crippen LogP contribution is 2.31. The normalized spacial score (nSPS) is 12.2. The molecule has 0 amide bonds. The van der Waals surface area contributed by atoms with E-state index >= 15 is 0 Å². The molecule has 0 radical (unpaired) electrons. The lowest BCUT2D eigenvalue weighted by Crippen LogP contribution is -2.04. The van der Waals surface area contributed by atoms with Gasteiger partial charge in [-0.25, -0.2) is 0 Å². The first-order chi connectivity index (χ1) is 7.41. The monoisotopic (exact) mass is 348 g/mol. The van der Waals surface area contributed by atoms with Crippen molar-refractivity contribution in [2.75, 3.05) is 0 Å². The third-order valence-electron chi connectivity index (χ3n) is 2.05. The molecule has 0 aliphatic carbocycles. The SMILES string of the molecule is CC(=O)C(Br)c1ccc(CC(=O)O)cc1Br. The Bertz CT molecular complexity index is 429. The van der Waals surface area contributed by atoms with E-state index in [1.165, 1.54) is 6.92 Å². The lowest BCUT2D eigenvalue weighted by Gasteiger charge is -2.10. The topological polar surface area (TPSA) is 54.4 Å². The molecule has 86 valence electrons. The van der Waals surface area contributed by atoms with Gasteiger partial charge in [-0.05, 0) is 24.1 Å². The number of benzene rings is 1. The fourth-order valence-electron chi connectivity index (χ4n) is 1.28. The number of ketones is 1. The summed E-state index contributed by atoms with van der Waals surface area (Å²) in [7, 11) is 0. The van der Waals surface area contributed by atoms with Gasteiger partial charge in [0.2, 0.25) is 0 Å². The molecule has 1 rings (SSSR count). The van der Waals surface area contributed by atoms with Crippen molar-refractivity contribution in [1.29, 1.82) is 0 Å². The van der Waals surface area contributed by atoms with Crippen LogP contribution in [-0.2, 0) is 16.0 Å². The van der Waals surface area contributed by atoms with Crippen LogP contribution < -0.4 is 0 Å². The maximum absolute atomic E-state index is 11.2. The number of carboxylic acid groups (broad SMARTS) is 1. The van der Waals surface area contributed by atoms with Crippen molar-refractivity contribution in [3.05, 3.63) is 33.8 Å². The molecule has 0 bridgehead atoms. The predicted molar refractivity (Wildman–Crippen MR) is 67.8 cm³/mol. The second-order valence-electron chi connectivity index (χ2n) is 3.40. The average Bonchev–Trinajstić information content (AvgIpc) is 2.15. The summed E-state index contributed by atoms with van der Waals surface area (Å²) in [6.07, 6.45) is -0.0219. The van der Waals surface area contributed by atoms with Gasteiger partial charge in [-0.15, -0.1) is 0 Å². The van der Waals surface area contributed by atoms with Gasteiger partial charge in [-0.2, -0.15) is 0 Å². The lowest BCUT2D eigenvalue weighted by atomic mass is 10.1. The highest BCUT2D eigenvalue weighted by Gasteiger charge is 2.16. The van der Waals surface area contributed by atoms with Crippen LogP contribution in [0.4, 0.5) is 0 Å². The summed E-state index contributed by atoms with van der Waals surface area (Å²) >= 11 is 6.61. The molecule has 1 atom stereocenters. The predicted octanol–water partition coefficient (Wildman–Crippen LogP) is 3.10. The largest absolute Gasteiger partial charge is 0.481 e. The molecule has 0 aromatic heterocycles. The van der Waals surface area contributed by atoms with Crippen molar-refractivity contribution in [1.82, 2.24) is 0 Å². The standard InChI is InChI=1S/C11H10Br2O3/c1-6(14)11(13)8-3-2-7(4-9(8)12)5-10(15)16/h2-4,11H,5H2,1H3,(H,15,16). The summed E-state index contributed by atoms with van der Waals surface area (Å²) in [6.45, 7) is 1.50. The molecule has 1 aromatic carbocycles. The fraction of sp³-hybridized carbons (Fsp3) is 0.273. The van der Waals surface area contributed by atoms with Gasteiger partial charge in [-0.1, -0.05) is 44.0 Å². The number of carbonyl (C=O) groups excluding carboxylic acids is 1. The first-order valence-corrected chi connectivity index (χ1v) is 6.27. The van der Waals surface area contributed by atoms with Gasteiger partial charge in [0.15, 0.2) is 0 Å². The summed E-state index contributed by atoms with van der Waals surface area (Å²) in [5.74, 6) is -0.867. The van der Waals surface area contributed by atoms with Crippen LogP contribution in [0.3, 0.4) is 0 Å². The molecule has 0 saturated carbocycles. The van der Waals surface area contributed by atoms with Gasteiger partial charge >= 0.3 is 5.97 Å². The highest BCUT2D eigenvalue weighted by atomic mass is 79.9. The van der Waals surface area contributed by atoms with Crippen LogP contribution in [0.1, 0.15) is 22.9 Å². The maximum Gasteiger partial charge on any atom is 0.307 e. The van der Waals surface area contributed by atoms with E-state index in [0.717, 1.165) is 10.0 Å². The van der Waals surface area contributed by atoms with Gasteiger partial charge in [0.1, 0.15) is 5.78 Å². The molecule has 0 aliphatic heterocycles. The van der Waals surface area contributed by atoms with Gasteiger partial charge in [0.05, 0.1) is 11.2 Å². The molecule has 0 aliphatic rings. The summed E-state index contributed by atoms with van der Waals surface area (Å²) in [5.41, 5.74) is 1.51. The second kappa shape index (κ2) is 5.59. The fourth-order valence-corrected chi connectivity index (χ4v) is 2.64. The molecule has 16 heavy (non-hydrogen) atoms. The Morgan fingerprint density at radius 1 is 1.44 bits per heavy atom. The summed E-state index contributed by atoms with van der Waals surface area (Å²) in [6, 6.07) is 5.19. The van der Waals surface area contributed by atoms with Crippen molar-refractivity contribution in [2.45, 2.75) is 18.2 Å². The number of carbonyl (C=O) groups is 2. The minimum absolute atomic E-state index is 0.00619. The number of hydrogen-bond acceptors (Lipinski definition) is 2. The highest BCUT2D eigenvalue weighted by molar-refractivity contribution is 9.11. The van der Waals surface area contributed by atoms with Crippen LogP contribution in [0.2, 0.25) is 0 Å². The molecule has 0 fully saturated rings. The summed E-state index contributed by atoms with van der Waals surface area (Å²) in [4.78, 5) is 21.4. The average molecular weight is 350 g/mol. The van der Waals surface area contributed by atoms with Crippen molar-refractivity contribution in [3.63, 3.8) is 0 Å². The minimum Gasteiger partial charge on any atom is -0.481 e.